The molecular weight excluding hydrogens is 414 g/mol. The largest absolute Gasteiger partial charge is 0.208 e. The highest BCUT2D eigenvalue weighted by Gasteiger charge is 2.13. The molecule has 32 heavy (non-hydrogen) atoms. The molecule has 158 valence electrons. The van der Waals surface area contributed by atoms with E-state index in [1.807, 2.05) is 85.8 Å². The van der Waals surface area contributed by atoms with E-state index in [0.717, 1.165) is 34.2 Å². The summed E-state index contributed by atoms with van der Waals surface area (Å²) < 4.78 is 0. The lowest BCUT2D eigenvalue weighted by atomic mass is 10.0. The molecule has 0 atom stereocenters. The molecule has 0 saturated carbocycles. The third-order valence-corrected chi connectivity index (χ3v) is 5.21. The van der Waals surface area contributed by atoms with Gasteiger partial charge in [-0.25, -0.2) is 15.0 Å². The Morgan fingerprint density at radius 2 is 1.38 bits per heavy atom. The zero-order valence-corrected chi connectivity index (χ0v) is 18.9. The Labute approximate surface area is 194 Å². The summed E-state index contributed by atoms with van der Waals surface area (Å²) in [6, 6.07) is 26.1. The van der Waals surface area contributed by atoms with Crippen LogP contribution in [0.25, 0.3) is 39.5 Å². The molecule has 0 saturated heterocycles. The second-order valence-electron chi connectivity index (χ2n) is 7.33. The van der Waals surface area contributed by atoms with Gasteiger partial charge in [0.1, 0.15) is 0 Å². The maximum absolute atomic E-state index is 6.21. The second-order valence-corrected chi connectivity index (χ2v) is 7.77. The number of rotatable bonds is 6. The van der Waals surface area contributed by atoms with Crippen molar-refractivity contribution in [3.05, 3.63) is 108 Å². The summed E-state index contributed by atoms with van der Waals surface area (Å²) in [4.78, 5) is 14.5. The van der Waals surface area contributed by atoms with Gasteiger partial charge in [0.2, 0.25) is 0 Å². The number of hydrogen-bond acceptors (Lipinski definition) is 3. The van der Waals surface area contributed by atoms with Gasteiger partial charge in [-0.05, 0) is 42.7 Å². The Hall–Kier alpha value is -3.56. The lowest BCUT2D eigenvalue weighted by molar-refractivity contribution is 1.03. The van der Waals surface area contributed by atoms with Crippen LogP contribution < -0.4 is 0 Å². The molecule has 0 unspecified atom stereocenters. The average molecular weight is 438 g/mol. The van der Waals surface area contributed by atoms with Gasteiger partial charge in [0.05, 0.1) is 0 Å². The van der Waals surface area contributed by atoms with E-state index >= 15 is 0 Å². The van der Waals surface area contributed by atoms with Crippen LogP contribution in [-0.2, 0) is 0 Å². The standard InChI is InChI=1S/C28H24ClN3/c1-3-10-20(11-4-2)26-30-27(21-12-6-5-7-13-21)32-28(31-26)24-16-8-14-22(18-24)23-15-9-17-25(29)19-23/h3,5-19H,4H2,1-2H3/b10-3-,20-11+. The molecular formula is C28H24ClN3. The topological polar surface area (TPSA) is 38.7 Å². The van der Waals surface area contributed by atoms with Gasteiger partial charge in [0.15, 0.2) is 17.5 Å². The normalized spacial score (nSPS) is 11.8. The first-order valence-corrected chi connectivity index (χ1v) is 11.1. The van der Waals surface area contributed by atoms with Crippen molar-refractivity contribution in [3.8, 4) is 33.9 Å². The Morgan fingerprint density at radius 3 is 2.06 bits per heavy atom. The first kappa shape index (κ1) is 21.7. The minimum atomic E-state index is 0.643. The maximum Gasteiger partial charge on any atom is 0.164 e. The predicted molar refractivity (Wildman–Crippen MR) is 134 cm³/mol. The molecule has 0 spiro atoms. The fourth-order valence-electron chi connectivity index (χ4n) is 3.49. The summed E-state index contributed by atoms with van der Waals surface area (Å²) in [5.74, 6) is 1.97. The fourth-order valence-corrected chi connectivity index (χ4v) is 3.68. The van der Waals surface area contributed by atoms with Crippen LogP contribution in [0.2, 0.25) is 5.02 Å². The van der Waals surface area contributed by atoms with E-state index in [-0.39, 0.29) is 0 Å². The monoisotopic (exact) mass is 437 g/mol. The number of nitrogens with zero attached hydrogens (tertiary/aromatic N) is 3. The summed E-state index contributed by atoms with van der Waals surface area (Å²) in [6.45, 7) is 4.11. The fraction of sp³-hybridized carbons (Fsp3) is 0.107. The molecule has 0 radical (unpaired) electrons. The van der Waals surface area contributed by atoms with Gasteiger partial charge in [0, 0.05) is 21.7 Å². The van der Waals surface area contributed by atoms with Gasteiger partial charge < -0.3 is 0 Å². The highest BCUT2D eigenvalue weighted by Crippen LogP contribution is 2.28. The lowest BCUT2D eigenvalue weighted by Gasteiger charge is -2.10. The molecule has 3 aromatic carbocycles. The smallest absolute Gasteiger partial charge is 0.164 e. The molecule has 0 N–H and O–H groups in total. The van der Waals surface area contributed by atoms with Gasteiger partial charge in [0.25, 0.3) is 0 Å². The molecule has 0 aliphatic rings. The van der Waals surface area contributed by atoms with E-state index in [9.17, 15) is 0 Å². The van der Waals surface area contributed by atoms with Crippen LogP contribution >= 0.6 is 11.6 Å². The minimum absolute atomic E-state index is 0.643. The molecule has 0 amide bonds. The lowest BCUT2D eigenvalue weighted by Crippen LogP contribution is -2.02. The third kappa shape index (κ3) is 5.01. The van der Waals surface area contributed by atoms with E-state index < -0.39 is 0 Å². The van der Waals surface area contributed by atoms with Crippen molar-refractivity contribution in [3.63, 3.8) is 0 Å². The maximum atomic E-state index is 6.21. The van der Waals surface area contributed by atoms with Crippen LogP contribution in [-0.4, -0.2) is 15.0 Å². The van der Waals surface area contributed by atoms with Crippen LogP contribution in [0.15, 0.2) is 97.1 Å². The Kier molecular flexibility index (Phi) is 6.88. The number of allylic oxidation sites excluding steroid dienone is 4. The summed E-state index contributed by atoms with van der Waals surface area (Å²) in [5, 5.41) is 0.711. The van der Waals surface area contributed by atoms with Crippen LogP contribution in [0.1, 0.15) is 26.1 Å². The Balaban J connectivity index is 1.88. The second kappa shape index (κ2) is 10.2. The van der Waals surface area contributed by atoms with Gasteiger partial charge in [-0.1, -0.05) is 97.4 Å². The van der Waals surface area contributed by atoms with Crippen molar-refractivity contribution in [1.82, 2.24) is 15.0 Å². The van der Waals surface area contributed by atoms with Crippen LogP contribution in [0.5, 0.6) is 0 Å². The van der Waals surface area contributed by atoms with Gasteiger partial charge >= 0.3 is 0 Å². The minimum Gasteiger partial charge on any atom is -0.208 e. The van der Waals surface area contributed by atoms with Gasteiger partial charge in [-0.2, -0.15) is 0 Å². The first-order valence-electron chi connectivity index (χ1n) is 10.7. The van der Waals surface area contributed by atoms with Crippen molar-refractivity contribution >= 4 is 17.2 Å². The van der Waals surface area contributed by atoms with E-state index in [1.165, 1.54) is 0 Å². The molecule has 0 bridgehead atoms. The van der Waals surface area contributed by atoms with Crippen LogP contribution in [0.3, 0.4) is 0 Å². The van der Waals surface area contributed by atoms with Crippen molar-refractivity contribution < 1.29 is 0 Å². The van der Waals surface area contributed by atoms with E-state index in [1.54, 1.807) is 0 Å². The zero-order valence-electron chi connectivity index (χ0n) is 18.2. The SMILES string of the molecule is C/C=C\C(=C/CC)c1nc(-c2ccccc2)nc(-c2cccc(-c3cccc(Cl)c3)c2)n1. The summed E-state index contributed by atoms with van der Waals surface area (Å²) >= 11 is 6.21. The summed E-state index contributed by atoms with van der Waals surface area (Å²) in [5.41, 5.74) is 4.99. The number of aromatic nitrogens is 3. The van der Waals surface area contributed by atoms with Crippen molar-refractivity contribution in [2.24, 2.45) is 0 Å². The average Bonchev–Trinajstić information content (AvgIpc) is 2.84. The Bertz CT molecular complexity index is 1280. The van der Waals surface area contributed by atoms with Crippen LogP contribution in [0.4, 0.5) is 0 Å². The molecule has 4 rings (SSSR count). The van der Waals surface area contributed by atoms with E-state index in [0.29, 0.717) is 22.5 Å². The summed E-state index contributed by atoms with van der Waals surface area (Å²) in [6.07, 6.45) is 7.08. The number of halogens is 1. The molecule has 1 aromatic heterocycles. The first-order chi connectivity index (χ1) is 15.7. The van der Waals surface area contributed by atoms with Gasteiger partial charge in [-0.15, -0.1) is 0 Å². The summed E-state index contributed by atoms with van der Waals surface area (Å²) in [7, 11) is 0. The molecule has 0 aliphatic heterocycles. The van der Waals surface area contributed by atoms with Crippen molar-refractivity contribution in [1.29, 1.82) is 0 Å². The van der Waals surface area contributed by atoms with Gasteiger partial charge in [-0.3, -0.25) is 0 Å². The Morgan fingerprint density at radius 1 is 0.750 bits per heavy atom. The third-order valence-electron chi connectivity index (χ3n) is 4.97. The zero-order chi connectivity index (χ0) is 22.3. The highest BCUT2D eigenvalue weighted by molar-refractivity contribution is 6.30. The molecule has 0 fully saturated rings. The van der Waals surface area contributed by atoms with Crippen molar-refractivity contribution in [2.45, 2.75) is 20.3 Å². The predicted octanol–water partition coefficient (Wildman–Crippen LogP) is 7.90. The van der Waals surface area contributed by atoms with Crippen molar-refractivity contribution in [2.75, 3.05) is 0 Å². The molecule has 4 heteroatoms. The quantitative estimate of drug-likeness (QED) is 0.288. The molecule has 0 aliphatic carbocycles. The van der Waals surface area contributed by atoms with E-state index in [2.05, 4.69) is 25.1 Å². The number of hydrogen-bond donors (Lipinski definition) is 0. The molecule has 3 nitrogen and oxygen atoms in total. The molecule has 1 heterocycles. The van der Waals surface area contributed by atoms with E-state index in [4.69, 9.17) is 26.6 Å². The van der Waals surface area contributed by atoms with Crippen LogP contribution in [0, 0.1) is 0 Å². The molecule has 4 aromatic rings. The highest BCUT2D eigenvalue weighted by atomic mass is 35.5. The number of benzene rings is 3.